The first-order chi connectivity index (χ1) is 13.5. The molecule has 0 bridgehead atoms. The summed E-state index contributed by atoms with van der Waals surface area (Å²) in [6, 6.07) is 20.8. The highest BCUT2D eigenvalue weighted by Crippen LogP contribution is 2.35. The molecule has 0 saturated heterocycles. The Morgan fingerprint density at radius 1 is 0.964 bits per heavy atom. The fourth-order valence-corrected chi connectivity index (χ4v) is 4.17. The van der Waals surface area contributed by atoms with E-state index in [0.717, 1.165) is 5.56 Å². The van der Waals surface area contributed by atoms with Gasteiger partial charge in [0, 0.05) is 17.5 Å². The molecule has 0 fully saturated rings. The van der Waals surface area contributed by atoms with Gasteiger partial charge in [-0.3, -0.25) is 4.72 Å². The van der Waals surface area contributed by atoms with Gasteiger partial charge in [-0.15, -0.1) is 0 Å². The van der Waals surface area contributed by atoms with E-state index < -0.39 is 10.0 Å². The quantitative estimate of drug-likeness (QED) is 0.665. The number of anilines is 1. The van der Waals surface area contributed by atoms with Gasteiger partial charge in [-0.25, -0.2) is 8.42 Å². The number of nitrogens with one attached hydrogen (secondary N) is 1. The maximum absolute atomic E-state index is 12.5. The second kappa shape index (κ2) is 7.73. The molecule has 1 N–H and O–H groups in total. The zero-order chi connectivity index (χ0) is 19.6. The number of rotatable bonds is 5. The molecule has 1 unspecified atom stereocenters. The Hall–Kier alpha value is -2.70. The van der Waals surface area contributed by atoms with Crippen LogP contribution in [-0.2, 0) is 16.4 Å². The average molecular weight is 416 g/mol. The Kier molecular flexibility index (Phi) is 5.15. The van der Waals surface area contributed by atoms with Crippen molar-refractivity contribution in [1.82, 2.24) is 0 Å². The summed E-state index contributed by atoms with van der Waals surface area (Å²) in [7, 11) is -3.65. The lowest BCUT2D eigenvalue weighted by Gasteiger charge is -2.27. The van der Waals surface area contributed by atoms with Crippen molar-refractivity contribution in [1.29, 1.82) is 0 Å². The van der Waals surface area contributed by atoms with Crippen LogP contribution in [0.3, 0.4) is 0 Å². The monoisotopic (exact) mass is 415 g/mol. The van der Waals surface area contributed by atoms with Gasteiger partial charge in [-0.1, -0.05) is 41.9 Å². The molecular formula is C21H18ClNO4S. The SMILES string of the molecule is O=S(=O)(Nc1ccc2c(c1)OCC(Cc1ccc(Cl)cc1)O2)c1ccccc1. The molecule has 3 aromatic carbocycles. The van der Waals surface area contributed by atoms with Crippen LogP contribution in [0.4, 0.5) is 5.69 Å². The van der Waals surface area contributed by atoms with E-state index in [9.17, 15) is 8.42 Å². The Balaban J connectivity index is 1.46. The van der Waals surface area contributed by atoms with Gasteiger partial charge in [0.25, 0.3) is 10.0 Å². The standard InChI is InChI=1S/C21H18ClNO4S/c22-16-8-6-15(7-9-16)12-18-14-26-21-13-17(10-11-20(21)27-18)23-28(24,25)19-4-2-1-3-5-19/h1-11,13,18,23H,12,14H2. The second-order valence-electron chi connectivity index (χ2n) is 6.46. The van der Waals surface area contributed by atoms with Gasteiger partial charge >= 0.3 is 0 Å². The van der Waals surface area contributed by atoms with E-state index in [4.69, 9.17) is 21.1 Å². The zero-order valence-corrected chi connectivity index (χ0v) is 16.4. The van der Waals surface area contributed by atoms with Gasteiger partial charge in [0.2, 0.25) is 0 Å². The number of benzene rings is 3. The van der Waals surface area contributed by atoms with Crippen molar-refractivity contribution in [3.8, 4) is 11.5 Å². The van der Waals surface area contributed by atoms with E-state index in [1.54, 1.807) is 48.5 Å². The van der Waals surface area contributed by atoms with Crippen molar-refractivity contribution in [3.63, 3.8) is 0 Å². The largest absolute Gasteiger partial charge is 0.486 e. The van der Waals surface area contributed by atoms with Crippen molar-refractivity contribution in [3.05, 3.63) is 83.4 Å². The number of ether oxygens (including phenoxy) is 2. The van der Waals surface area contributed by atoms with E-state index in [2.05, 4.69) is 4.72 Å². The van der Waals surface area contributed by atoms with Crippen molar-refractivity contribution in [2.45, 2.75) is 17.4 Å². The highest BCUT2D eigenvalue weighted by atomic mass is 35.5. The molecule has 4 rings (SSSR count). The number of hydrogen-bond acceptors (Lipinski definition) is 4. The molecular weight excluding hydrogens is 398 g/mol. The van der Waals surface area contributed by atoms with Gasteiger partial charge in [0.1, 0.15) is 12.7 Å². The molecule has 1 aliphatic rings. The molecule has 5 nitrogen and oxygen atoms in total. The average Bonchev–Trinajstić information content (AvgIpc) is 2.70. The molecule has 28 heavy (non-hydrogen) atoms. The van der Waals surface area contributed by atoms with Crippen LogP contribution >= 0.6 is 11.6 Å². The Bertz CT molecular complexity index is 1070. The summed E-state index contributed by atoms with van der Waals surface area (Å²) in [5.41, 5.74) is 1.52. The first-order valence-corrected chi connectivity index (χ1v) is 10.6. The molecule has 144 valence electrons. The van der Waals surface area contributed by atoms with Crippen molar-refractivity contribution < 1.29 is 17.9 Å². The van der Waals surface area contributed by atoms with Gasteiger partial charge in [0.05, 0.1) is 10.6 Å². The summed E-state index contributed by atoms with van der Waals surface area (Å²) in [5, 5.41) is 0.695. The lowest BCUT2D eigenvalue weighted by Crippen LogP contribution is -2.31. The molecule has 0 radical (unpaired) electrons. The minimum absolute atomic E-state index is 0.125. The number of sulfonamides is 1. The fraction of sp³-hybridized carbons (Fsp3) is 0.143. The van der Waals surface area contributed by atoms with Gasteiger partial charge in [-0.05, 0) is 42.0 Å². The van der Waals surface area contributed by atoms with Crippen LogP contribution < -0.4 is 14.2 Å². The van der Waals surface area contributed by atoms with E-state index in [1.165, 1.54) is 0 Å². The van der Waals surface area contributed by atoms with Crippen molar-refractivity contribution >= 4 is 27.3 Å². The minimum atomic E-state index is -3.65. The Morgan fingerprint density at radius 2 is 1.71 bits per heavy atom. The van der Waals surface area contributed by atoms with Crippen LogP contribution in [0.15, 0.2) is 77.7 Å². The molecule has 0 aromatic heterocycles. The lowest BCUT2D eigenvalue weighted by molar-refractivity contribution is 0.0914. The predicted molar refractivity (Wildman–Crippen MR) is 109 cm³/mol. The first kappa shape index (κ1) is 18.7. The summed E-state index contributed by atoms with van der Waals surface area (Å²) in [6.45, 7) is 0.379. The smallest absolute Gasteiger partial charge is 0.261 e. The molecule has 0 spiro atoms. The number of fused-ring (bicyclic) bond motifs is 1. The van der Waals surface area contributed by atoms with Crippen LogP contribution in [0.1, 0.15) is 5.56 Å². The fourth-order valence-electron chi connectivity index (χ4n) is 2.98. The number of hydrogen-bond donors (Lipinski definition) is 1. The molecule has 7 heteroatoms. The molecule has 1 atom stereocenters. The van der Waals surface area contributed by atoms with Crippen molar-refractivity contribution in [2.24, 2.45) is 0 Å². The second-order valence-corrected chi connectivity index (χ2v) is 8.58. The predicted octanol–water partition coefficient (Wildman–Crippen LogP) is 4.52. The van der Waals surface area contributed by atoms with Crippen LogP contribution in [0.5, 0.6) is 11.5 Å². The van der Waals surface area contributed by atoms with Crippen LogP contribution in [0.25, 0.3) is 0 Å². The minimum Gasteiger partial charge on any atom is -0.486 e. The maximum atomic E-state index is 12.5. The van der Waals surface area contributed by atoms with Crippen LogP contribution in [0.2, 0.25) is 5.02 Å². The molecule has 1 heterocycles. The third-order valence-electron chi connectivity index (χ3n) is 4.34. The summed E-state index contributed by atoms with van der Waals surface area (Å²) in [5.74, 6) is 1.11. The van der Waals surface area contributed by atoms with E-state index >= 15 is 0 Å². The van der Waals surface area contributed by atoms with E-state index in [1.807, 2.05) is 24.3 Å². The molecule has 0 amide bonds. The third-order valence-corrected chi connectivity index (χ3v) is 5.99. The lowest BCUT2D eigenvalue weighted by atomic mass is 10.1. The molecule has 3 aromatic rings. The van der Waals surface area contributed by atoms with Gasteiger partial charge in [-0.2, -0.15) is 0 Å². The third kappa shape index (κ3) is 4.24. The van der Waals surface area contributed by atoms with E-state index in [-0.39, 0.29) is 11.0 Å². The maximum Gasteiger partial charge on any atom is 0.261 e. The molecule has 1 aliphatic heterocycles. The zero-order valence-electron chi connectivity index (χ0n) is 14.8. The normalized spacial score (nSPS) is 15.8. The Labute approximate surface area is 168 Å². The van der Waals surface area contributed by atoms with E-state index in [0.29, 0.717) is 35.2 Å². The summed E-state index contributed by atoms with van der Waals surface area (Å²) < 4.78 is 39.3. The summed E-state index contributed by atoms with van der Waals surface area (Å²) in [6.07, 6.45) is 0.569. The molecule has 0 saturated carbocycles. The highest BCUT2D eigenvalue weighted by Gasteiger charge is 2.22. The highest BCUT2D eigenvalue weighted by molar-refractivity contribution is 7.92. The first-order valence-electron chi connectivity index (χ1n) is 8.75. The van der Waals surface area contributed by atoms with Crippen molar-refractivity contribution in [2.75, 3.05) is 11.3 Å². The topological polar surface area (TPSA) is 64.6 Å². The Morgan fingerprint density at radius 3 is 2.46 bits per heavy atom. The van der Waals surface area contributed by atoms with Gasteiger partial charge < -0.3 is 9.47 Å². The van der Waals surface area contributed by atoms with Gasteiger partial charge in [0.15, 0.2) is 11.5 Å². The van der Waals surface area contributed by atoms with Crippen LogP contribution in [-0.4, -0.2) is 21.1 Å². The summed E-state index contributed by atoms with van der Waals surface area (Å²) >= 11 is 5.92. The van der Waals surface area contributed by atoms with Crippen LogP contribution in [0, 0.1) is 0 Å². The molecule has 0 aliphatic carbocycles. The summed E-state index contributed by atoms with van der Waals surface area (Å²) in [4.78, 5) is 0.202. The number of halogens is 1.